The van der Waals surface area contributed by atoms with Gasteiger partial charge in [-0.15, -0.1) is 0 Å². The Hall–Kier alpha value is -0.290. The van der Waals surface area contributed by atoms with Crippen LogP contribution in [-0.2, 0) is 0 Å². The van der Waals surface area contributed by atoms with Crippen molar-refractivity contribution in [1.29, 1.82) is 0 Å². The van der Waals surface area contributed by atoms with E-state index in [0.29, 0.717) is 19.5 Å². The molecule has 2 N–H and O–H groups in total. The minimum absolute atomic E-state index is 0.123. The van der Waals surface area contributed by atoms with Crippen molar-refractivity contribution in [2.75, 3.05) is 13.1 Å². The number of nitrogens with one attached hydrogen (secondary N) is 1. The Morgan fingerprint density at radius 2 is 1.79 bits per heavy atom. The predicted octanol–water partition coefficient (Wildman–Crippen LogP) is 2.08. The van der Waals surface area contributed by atoms with Crippen molar-refractivity contribution in [3.8, 4) is 0 Å². The van der Waals surface area contributed by atoms with Crippen LogP contribution in [0.15, 0.2) is 0 Å². The van der Waals surface area contributed by atoms with Crippen LogP contribution in [0.2, 0.25) is 0 Å². The van der Waals surface area contributed by atoms with Crippen molar-refractivity contribution < 1.29 is 18.3 Å². The van der Waals surface area contributed by atoms with E-state index in [-0.39, 0.29) is 12.5 Å². The number of hydrogen-bond acceptors (Lipinski definition) is 2. The molecule has 0 aromatic heterocycles. The van der Waals surface area contributed by atoms with Crippen molar-refractivity contribution in [3.05, 3.63) is 0 Å². The van der Waals surface area contributed by atoms with Gasteiger partial charge in [-0.2, -0.15) is 13.2 Å². The van der Waals surface area contributed by atoms with Gasteiger partial charge in [0, 0.05) is 6.42 Å². The van der Waals surface area contributed by atoms with Gasteiger partial charge in [0.2, 0.25) is 0 Å². The molecule has 0 heterocycles. The number of halogens is 3. The Labute approximate surface area is 82.5 Å². The molecule has 0 radical (unpaired) electrons. The molecule has 2 nitrogen and oxygen atoms in total. The van der Waals surface area contributed by atoms with E-state index in [1.165, 1.54) is 0 Å². The van der Waals surface area contributed by atoms with E-state index >= 15 is 0 Å². The molecule has 0 amide bonds. The highest BCUT2D eigenvalue weighted by atomic mass is 19.4. The van der Waals surface area contributed by atoms with E-state index in [1.54, 1.807) is 6.92 Å². The topological polar surface area (TPSA) is 32.3 Å². The van der Waals surface area contributed by atoms with E-state index in [9.17, 15) is 13.2 Å². The molecule has 0 fully saturated rings. The number of hydrogen-bond donors (Lipinski definition) is 2. The minimum atomic E-state index is -4.04. The second kappa shape index (κ2) is 7.06. The second-order valence-corrected chi connectivity index (χ2v) is 3.46. The maximum atomic E-state index is 11.7. The van der Waals surface area contributed by atoms with Crippen LogP contribution in [0.25, 0.3) is 0 Å². The standard InChI is InChI=1S/C9H18F3NO/c1-8(14)4-2-6-13-7-3-5-9(10,11)12/h8,13-14H,2-7H2,1H3. The van der Waals surface area contributed by atoms with Crippen molar-refractivity contribution in [2.45, 2.75) is 44.9 Å². The lowest BCUT2D eigenvalue weighted by atomic mass is 10.2. The average molecular weight is 213 g/mol. The molecular weight excluding hydrogens is 195 g/mol. The zero-order valence-corrected chi connectivity index (χ0v) is 8.40. The van der Waals surface area contributed by atoms with E-state index in [2.05, 4.69) is 5.32 Å². The number of rotatable bonds is 7. The van der Waals surface area contributed by atoms with Gasteiger partial charge in [-0.05, 0) is 39.3 Å². The molecule has 5 heteroatoms. The summed E-state index contributed by atoms with van der Waals surface area (Å²) in [6.07, 6.45) is -3.49. The quantitative estimate of drug-likeness (QED) is 0.634. The molecule has 0 aliphatic rings. The van der Waals surface area contributed by atoms with Crippen LogP contribution in [0.5, 0.6) is 0 Å². The van der Waals surface area contributed by atoms with E-state index in [4.69, 9.17) is 5.11 Å². The molecule has 0 spiro atoms. The van der Waals surface area contributed by atoms with E-state index in [1.807, 2.05) is 0 Å². The fourth-order valence-corrected chi connectivity index (χ4v) is 1.06. The molecule has 0 saturated carbocycles. The maximum Gasteiger partial charge on any atom is 0.389 e. The van der Waals surface area contributed by atoms with Crippen LogP contribution in [0.4, 0.5) is 13.2 Å². The highest BCUT2D eigenvalue weighted by molar-refractivity contribution is 4.55. The molecule has 0 aliphatic carbocycles. The molecular formula is C9H18F3NO. The van der Waals surface area contributed by atoms with Gasteiger partial charge in [-0.1, -0.05) is 0 Å². The molecule has 0 bridgehead atoms. The fourth-order valence-electron chi connectivity index (χ4n) is 1.06. The normalized spacial score (nSPS) is 14.4. The van der Waals surface area contributed by atoms with Crippen LogP contribution >= 0.6 is 0 Å². The van der Waals surface area contributed by atoms with Gasteiger partial charge < -0.3 is 10.4 Å². The minimum Gasteiger partial charge on any atom is -0.393 e. The Kier molecular flexibility index (Phi) is 6.92. The molecule has 0 aromatic rings. The first-order valence-electron chi connectivity index (χ1n) is 4.87. The lowest BCUT2D eigenvalue weighted by molar-refractivity contribution is -0.135. The van der Waals surface area contributed by atoms with Crippen LogP contribution in [0.1, 0.15) is 32.6 Å². The Balaban J connectivity index is 3.07. The van der Waals surface area contributed by atoms with Gasteiger partial charge >= 0.3 is 6.18 Å². The van der Waals surface area contributed by atoms with Crippen molar-refractivity contribution >= 4 is 0 Å². The SMILES string of the molecule is CC(O)CCCNCCCC(F)(F)F. The van der Waals surface area contributed by atoms with Gasteiger partial charge in [0.1, 0.15) is 0 Å². The summed E-state index contributed by atoms with van der Waals surface area (Å²) in [6, 6.07) is 0. The van der Waals surface area contributed by atoms with Gasteiger partial charge in [-0.3, -0.25) is 0 Å². The summed E-state index contributed by atoms with van der Waals surface area (Å²) < 4.78 is 35.0. The monoisotopic (exact) mass is 213 g/mol. The summed E-state index contributed by atoms with van der Waals surface area (Å²) in [6.45, 7) is 2.76. The summed E-state index contributed by atoms with van der Waals surface area (Å²) in [5.41, 5.74) is 0. The number of aliphatic hydroxyl groups is 1. The third-order valence-corrected chi connectivity index (χ3v) is 1.79. The van der Waals surface area contributed by atoms with Gasteiger partial charge in [0.15, 0.2) is 0 Å². The summed E-state index contributed by atoms with van der Waals surface area (Å²) in [5, 5.41) is 11.8. The average Bonchev–Trinajstić information content (AvgIpc) is 2.00. The first-order chi connectivity index (χ1) is 6.42. The summed E-state index contributed by atoms with van der Waals surface area (Å²) in [5.74, 6) is 0. The first kappa shape index (κ1) is 13.7. The Morgan fingerprint density at radius 3 is 2.29 bits per heavy atom. The first-order valence-corrected chi connectivity index (χ1v) is 4.87. The number of alkyl halides is 3. The highest BCUT2D eigenvalue weighted by Gasteiger charge is 2.25. The lowest BCUT2D eigenvalue weighted by Gasteiger charge is -2.07. The van der Waals surface area contributed by atoms with Crippen molar-refractivity contribution in [3.63, 3.8) is 0 Å². The van der Waals surface area contributed by atoms with E-state index < -0.39 is 12.6 Å². The third-order valence-electron chi connectivity index (χ3n) is 1.79. The molecule has 0 aliphatic heterocycles. The molecule has 1 atom stereocenters. The zero-order valence-electron chi connectivity index (χ0n) is 8.40. The molecule has 14 heavy (non-hydrogen) atoms. The van der Waals surface area contributed by atoms with Crippen molar-refractivity contribution in [2.24, 2.45) is 0 Å². The molecule has 86 valence electrons. The molecule has 0 aromatic carbocycles. The van der Waals surface area contributed by atoms with Crippen LogP contribution in [0.3, 0.4) is 0 Å². The molecule has 0 rings (SSSR count). The predicted molar refractivity (Wildman–Crippen MR) is 49.1 cm³/mol. The van der Waals surface area contributed by atoms with Gasteiger partial charge in [0.25, 0.3) is 0 Å². The Morgan fingerprint density at radius 1 is 1.21 bits per heavy atom. The lowest BCUT2D eigenvalue weighted by Crippen LogP contribution is -2.20. The van der Waals surface area contributed by atoms with Gasteiger partial charge in [-0.25, -0.2) is 0 Å². The van der Waals surface area contributed by atoms with E-state index in [0.717, 1.165) is 6.42 Å². The van der Waals surface area contributed by atoms with Gasteiger partial charge in [0.05, 0.1) is 6.10 Å². The van der Waals surface area contributed by atoms with Crippen LogP contribution < -0.4 is 5.32 Å². The smallest absolute Gasteiger partial charge is 0.389 e. The second-order valence-electron chi connectivity index (χ2n) is 3.46. The fraction of sp³-hybridized carbons (Fsp3) is 1.00. The van der Waals surface area contributed by atoms with Crippen molar-refractivity contribution in [1.82, 2.24) is 5.32 Å². The highest BCUT2D eigenvalue weighted by Crippen LogP contribution is 2.20. The Bertz CT molecular complexity index is 137. The largest absolute Gasteiger partial charge is 0.393 e. The molecule has 1 unspecified atom stereocenters. The summed E-state index contributed by atoms with van der Waals surface area (Å²) in [4.78, 5) is 0. The van der Waals surface area contributed by atoms with Crippen LogP contribution in [-0.4, -0.2) is 30.5 Å². The summed E-state index contributed by atoms with van der Waals surface area (Å²) >= 11 is 0. The zero-order chi connectivity index (χ0) is 11.0. The number of aliphatic hydroxyl groups excluding tert-OH is 1. The third kappa shape index (κ3) is 11.7. The van der Waals surface area contributed by atoms with Crippen LogP contribution in [0, 0.1) is 0 Å². The molecule has 0 saturated heterocycles. The summed E-state index contributed by atoms with van der Waals surface area (Å²) in [7, 11) is 0. The maximum absolute atomic E-state index is 11.7.